The van der Waals surface area contributed by atoms with E-state index in [0.717, 1.165) is 17.9 Å². The number of aliphatic carboxylic acids is 1. The molecule has 2 N–H and O–H groups in total. The molecule has 106 valence electrons. The molecule has 0 aliphatic carbocycles. The summed E-state index contributed by atoms with van der Waals surface area (Å²) in [4.78, 5) is 10.9. The number of rotatable bonds is 9. The molecule has 0 fully saturated rings. The number of benzene rings is 1. The number of hydrogen-bond donors (Lipinski definition) is 2. The highest BCUT2D eigenvalue weighted by atomic mass is 16.5. The van der Waals surface area contributed by atoms with Crippen LogP contribution in [0.1, 0.15) is 19.8 Å². The average molecular weight is 267 g/mol. The van der Waals surface area contributed by atoms with Crippen molar-refractivity contribution in [2.45, 2.75) is 25.8 Å². The van der Waals surface area contributed by atoms with Crippen LogP contribution in [0.2, 0.25) is 0 Å². The maximum absolute atomic E-state index is 10.9. The van der Waals surface area contributed by atoms with E-state index in [4.69, 9.17) is 14.6 Å². The molecule has 0 amide bonds. The predicted molar refractivity (Wildman–Crippen MR) is 72.8 cm³/mol. The van der Waals surface area contributed by atoms with Crippen LogP contribution in [0.4, 0.5) is 0 Å². The van der Waals surface area contributed by atoms with Gasteiger partial charge in [0.1, 0.15) is 24.1 Å². The van der Waals surface area contributed by atoms with Gasteiger partial charge in [-0.3, -0.25) is 4.79 Å². The molecule has 0 aliphatic heterocycles. The Morgan fingerprint density at radius 2 is 1.95 bits per heavy atom. The van der Waals surface area contributed by atoms with Crippen molar-refractivity contribution >= 4 is 5.97 Å². The van der Waals surface area contributed by atoms with Crippen molar-refractivity contribution in [1.29, 1.82) is 0 Å². The standard InChI is InChI=1S/C14H21NO4/c1-3-4-13(14(16)17)15-9-10-19-12-7-5-11(18-2)6-8-12/h5-8,13,15H,3-4,9-10H2,1-2H3,(H,16,17). The van der Waals surface area contributed by atoms with Gasteiger partial charge in [-0.1, -0.05) is 13.3 Å². The van der Waals surface area contributed by atoms with Crippen LogP contribution in [0.5, 0.6) is 11.5 Å². The molecule has 0 saturated carbocycles. The van der Waals surface area contributed by atoms with Crippen LogP contribution in [0.15, 0.2) is 24.3 Å². The Labute approximate surface area is 113 Å². The fourth-order valence-electron chi connectivity index (χ4n) is 1.68. The molecule has 0 aliphatic rings. The van der Waals surface area contributed by atoms with Crippen LogP contribution in [0.25, 0.3) is 0 Å². The molecular formula is C14H21NO4. The monoisotopic (exact) mass is 267 g/mol. The van der Waals surface area contributed by atoms with Crippen LogP contribution in [-0.4, -0.2) is 37.4 Å². The molecule has 0 heterocycles. The number of methoxy groups -OCH3 is 1. The van der Waals surface area contributed by atoms with Crippen LogP contribution < -0.4 is 14.8 Å². The molecule has 1 rings (SSSR count). The first-order chi connectivity index (χ1) is 9.17. The molecule has 1 aromatic carbocycles. The van der Waals surface area contributed by atoms with Gasteiger partial charge in [-0.05, 0) is 30.7 Å². The molecule has 0 spiro atoms. The number of ether oxygens (including phenoxy) is 2. The van der Waals surface area contributed by atoms with E-state index in [1.165, 1.54) is 0 Å². The highest BCUT2D eigenvalue weighted by Crippen LogP contribution is 2.16. The number of hydrogen-bond acceptors (Lipinski definition) is 4. The minimum atomic E-state index is -0.814. The van der Waals surface area contributed by atoms with Crippen LogP contribution in [0.3, 0.4) is 0 Å². The summed E-state index contributed by atoms with van der Waals surface area (Å²) in [6.07, 6.45) is 1.46. The summed E-state index contributed by atoms with van der Waals surface area (Å²) in [5.74, 6) is 0.704. The molecule has 19 heavy (non-hydrogen) atoms. The van der Waals surface area contributed by atoms with Gasteiger partial charge in [0, 0.05) is 6.54 Å². The lowest BCUT2D eigenvalue weighted by atomic mass is 10.2. The van der Waals surface area contributed by atoms with Gasteiger partial charge in [0.05, 0.1) is 7.11 Å². The van der Waals surface area contributed by atoms with Crippen molar-refractivity contribution in [3.8, 4) is 11.5 Å². The first-order valence-electron chi connectivity index (χ1n) is 6.40. The van der Waals surface area contributed by atoms with Gasteiger partial charge in [-0.25, -0.2) is 0 Å². The molecule has 0 bridgehead atoms. The van der Waals surface area contributed by atoms with E-state index in [9.17, 15) is 4.79 Å². The third kappa shape index (κ3) is 5.61. The summed E-state index contributed by atoms with van der Waals surface area (Å²) >= 11 is 0. The molecular weight excluding hydrogens is 246 g/mol. The average Bonchev–Trinajstić information content (AvgIpc) is 2.42. The van der Waals surface area contributed by atoms with E-state index < -0.39 is 12.0 Å². The zero-order valence-corrected chi connectivity index (χ0v) is 11.4. The Morgan fingerprint density at radius 3 is 2.47 bits per heavy atom. The molecule has 0 saturated heterocycles. The smallest absolute Gasteiger partial charge is 0.320 e. The summed E-state index contributed by atoms with van der Waals surface area (Å²) in [6.45, 7) is 2.90. The second-order valence-electron chi connectivity index (χ2n) is 4.16. The highest BCUT2D eigenvalue weighted by molar-refractivity contribution is 5.73. The lowest BCUT2D eigenvalue weighted by Gasteiger charge is -2.13. The minimum absolute atomic E-state index is 0.430. The molecule has 1 aromatic rings. The largest absolute Gasteiger partial charge is 0.497 e. The number of carbonyl (C=O) groups is 1. The third-order valence-electron chi connectivity index (χ3n) is 2.70. The zero-order valence-electron chi connectivity index (χ0n) is 11.4. The van der Waals surface area contributed by atoms with Crippen molar-refractivity contribution in [2.24, 2.45) is 0 Å². The van der Waals surface area contributed by atoms with E-state index in [0.29, 0.717) is 19.6 Å². The Bertz CT molecular complexity index is 378. The van der Waals surface area contributed by atoms with Crippen molar-refractivity contribution in [1.82, 2.24) is 5.32 Å². The van der Waals surface area contributed by atoms with Gasteiger partial charge in [-0.15, -0.1) is 0 Å². The first-order valence-corrected chi connectivity index (χ1v) is 6.40. The van der Waals surface area contributed by atoms with Crippen molar-refractivity contribution in [3.63, 3.8) is 0 Å². The Hall–Kier alpha value is -1.75. The van der Waals surface area contributed by atoms with Crippen LogP contribution in [-0.2, 0) is 4.79 Å². The highest BCUT2D eigenvalue weighted by Gasteiger charge is 2.14. The second-order valence-corrected chi connectivity index (χ2v) is 4.16. The Balaban J connectivity index is 2.27. The van der Waals surface area contributed by atoms with Gasteiger partial charge in [0.15, 0.2) is 0 Å². The normalized spacial score (nSPS) is 11.9. The van der Waals surface area contributed by atoms with E-state index in [1.807, 2.05) is 31.2 Å². The SMILES string of the molecule is CCCC(NCCOc1ccc(OC)cc1)C(=O)O. The maximum atomic E-state index is 10.9. The third-order valence-corrected chi connectivity index (χ3v) is 2.70. The van der Waals surface area contributed by atoms with Gasteiger partial charge in [0.25, 0.3) is 0 Å². The molecule has 5 heteroatoms. The summed E-state index contributed by atoms with van der Waals surface area (Å²) in [5, 5.41) is 11.9. The van der Waals surface area contributed by atoms with Crippen molar-refractivity contribution in [2.75, 3.05) is 20.3 Å². The van der Waals surface area contributed by atoms with Crippen LogP contribution >= 0.6 is 0 Å². The summed E-state index contributed by atoms with van der Waals surface area (Å²) < 4.78 is 10.5. The lowest BCUT2D eigenvalue weighted by Crippen LogP contribution is -2.38. The Morgan fingerprint density at radius 1 is 1.32 bits per heavy atom. The first kappa shape index (κ1) is 15.3. The van der Waals surface area contributed by atoms with E-state index in [2.05, 4.69) is 5.32 Å². The number of carboxylic acid groups (broad SMARTS) is 1. The van der Waals surface area contributed by atoms with Gasteiger partial charge < -0.3 is 19.9 Å². The molecule has 5 nitrogen and oxygen atoms in total. The summed E-state index contributed by atoms with van der Waals surface area (Å²) in [5.41, 5.74) is 0. The van der Waals surface area contributed by atoms with Gasteiger partial charge in [-0.2, -0.15) is 0 Å². The number of carboxylic acids is 1. The molecule has 0 radical (unpaired) electrons. The van der Waals surface area contributed by atoms with Crippen molar-refractivity contribution < 1.29 is 19.4 Å². The maximum Gasteiger partial charge on any atom is 0.320 e. The van der Waals surface area contributed by atoms with E-state index in [-0.39, 0.29) is 0 Å². The molecule has 1 atom stereocenters. The van der Waals surface area contributed by atoms with E-state index in [1.54, 1.807) is 7.11 Å². The fraction of sp³-hybridized carbons (Fsp3) is 0.500. The fourth-order valence-corrected chi connectivity index (χ4v) is 1.68. The second kappa shape index (κ2) is 8.37. The predicted octanol–water partition coefficient (Wildman–Crippen LogP) is 1.92. The lowest BCUT2D eigenvalue weighted by molar-refractivity contribution is -0.139. The summed E-state index contributed by atoms with van der Waals surface area (Å²) in [6, 6.07) is 6.78. The Kier molecular flexibility index (Phi) is 6.74. The van der Waals surface area contributed by atoms with Gasteiger partial charge >= 0.3 is 5.97 Å². The minimum Gasteiger partial charge on any atom is -0.497 e. The van der Waals surface area contributed by atoms with Crippen molar-refractivity contribution in [3.05, 3.63) is 24.3 Å². The number of nitrogens with one attached hydrogen (secondary N) is 1. The van der Waals surface area contributed by atoms with Gasteiger partial charge in [0.2, 0.25) is 0 Å². The zero-order chi connectivity index (χ0) is 14.1. The molecule has 0 aromatic heterocycles. The quantitative estimate of drug-likeness (QED) is 0.669. The molecule has 1 unspecified atom stereocenters. The van der Waals surface area contributed by atoms with E-state index >= 15 is 0 Å². The topological polar surface area (TPSA) is 67.8 Å². The van der Waals surface area contributed by atoms with Crippen LogP contribution in [0, 0.1) is 0 Å². The summed E-state index contributed by atoms with van der Waals surface area (Å²) in [7, 11) is 1.61.